The van der Waals surface area contributed by atoms with Gasteiger partial charge in [-0.05, 0) is 31.0 Å². The lowest BCUT2D eigenvalue weighted by molar-refractivity contribution is 0.380. The first kappa shape index (κ1) is 10.8. The summed E-state index contributed by atoms with van der Waals surface area (Å²) in [7, 11) is 0. The maximum absolute atomic E-state index is 12.7. The molecule has 0 saturated heterocycles. The van der Waals surface area contributed by atoms with Crippen molar-refractivity contribution in [2.45, 2.75) is 27.7 Å². The van der Waals surface area contributed by atoms with Crippen LogP contribution in [0.4, 0.5) is 4.39 Å². The molecule has 0 fully saturated rings. The first-order valence-corrected chi connectivity index (χ1v) is 4.83. The molecule has 1 aromatic carbocycles. The summed E-state index contributed by atoms with van der Waals surface area (Å²) in [6.07, 6.45) is 0. The summed E-state index contributed by atoms with van der Waals surface area (Å²) in [5, 5.41) is 0.838. The van der Waals surface area contributed by atoms with Gasteiger partial charge in [0.25, 0.3) is 6.01 Å². The number of aryl methyl sites for hydroxylation is 2. The van der Waals surface area contributed by atoms with Gasteiger partial charge in [-0.25, -0.2) is 0 Å². The van der Waals surface area contributed by atoms with Gasteiger partial charge >= 0.3 is 0 Å². The minimum Gasteiger partial charge on any atom is -0.431 e. The van der Waals surface area contributed by atoms with Crippen LogP contribution in [0.3, 0.4) is 0 Å². The first-order chi connectivity index (χ1) is 6.66. The molecule has 2 aromatic rings. The van der Waals surface area contributed by atoms with E-state index in [2.05, 4.69) is 0 Å². The van der Waals surface area contributed by atoms with E-state index in [0.29, 0.717) is 5.58 Å². The molecule has 0 atom stereocenters. The fourth-order valence-corrected chi connectivity index (χ4v) is 1.48. The van der Waals surface area contributed by atoms with Crippen molar-refractivity contribution in [2.24, 2.45) is 0 Å². The van der Waals surface area contributed by atoms with Crippen LogP contribution >= 0.6 is 0 Å². The van der Waals surface area contributed by atoms with E-state index in [-0.39, 0.29) is 0 Å². The van der Waals surface area contributed by atoms with Crippen LogP contribution in [0.5, 0.6) is 0 Å². The molecular weight excluding hydrogens is 179 g/mol. The predicted octanol–water partition coefficient (Wildman–Crippen LogP) is 4.21. The third-order valence-corrected chi connectivity index (χ3v) is 1.92. The number of halogens is 1. The number of fused-ring (bicyclic) bond motifs is 1. The van der Waals surface area contributed by atoms with E-state index in [1.165, 1.54) is 6.07 Å². The van der Waals surface area contributed by atoms with Gasteiger partial charge < -0.3 is 4.42 Å². The second-order valence-electron chi connectivity index (χ2n) is 3.05. The smallest absolute Gasteiger partial charge is 0.278 e. The lowest BCUT2D eigenvalue weighted by atomic mass is 10.1. The summed E-state index contributed by atoms with van der Waals surface area (Å²) < 4.78 is 17.6. The first-order valence-electron chi connectivity index (χ1n) is 4.83. The van der Waals surface area contributed by atoms with Crippen molar-refractivity contribution in [2.75, 3.05) is 0 Å². The Morgan fingerprint density at radius 1 is 1.07 bits per heavy atom. The van der Waals surface area contributed by atoms with E-state index in [1.54, 1.807) is 0 Å². The number of benzene rings is 1. The van der Waals surface area contributed by atoms with Crippen molar-refractivity contribution >= 4 is 11.0 Å². The van der Waals surface area contributed by atoms with Crippen LogP contribution in [0.2, 0.25) is 0 Å². The largest absolute Gasteiger partial charge is 0.431 e. The molecule has 0 aliphatic rings. The summed E-state index contributed by atoms with van der Waals surface area (Å²) in [5.74, 6) is 0. The van der Waals surface area contributed by atoms with Crippen LogP contribution in [0.15, 0.2) is 22.6 Å². The molecule has 0 aliphatic heterocycles. The van der Waals surface area contributed by atoms with Crippen LogP contribution in [0, 0.1) is 19.9 Å². The molecule has 0 radical (unpaired) electrons. The van der Waals surface area contributed by atoms with Gasteiger partial charge in [0.1, 0.15) is 5.58 Å². The Morgan fingerprint density at radius 3 is 2.36 bits per heavy atom. The topological polar surface area (TPSA) is 13.1 Å². The van der Waals surface area contributed by atoms with Crippen molar-refractivity contribution in [3.05, 3.63) is 35.3 Å². The normalized spacial score (nSPS) is 9.79. The molecule has 1 nitrogen and oxygen atoms in total. The maximum Gasteiger partial charge on any atom is 0.278 e. The molecule has 0 saturated carbocycles. The highest BCUT2D eigenvalue weighted by Crippen LogP contribution is 2.23. The van der Waals surface area contributed by atoms with Gasteiger partial charge in [-0.3, -0.25) is 0 Å². The van der Waals surface area contributed by atoms with Gasteiger partial charge in [0, 0.05) is 11.5 Å². The Hall–Kier alpha value is -1.31. The highest BCUT2D eigenvalue weighted by molar-refractivity contribution is 5.81. The van der Waals surface area contributed by atoms with Crippen LogP contribution in [0.25, 0.3) is 11.0 Å². The van der Waals surface area contributed by atoms with Crippen LogP contribution in [-0.2, 0) is 0 Å². The molecule has 0 amide bonds. The maximum atomic E-state index is 12.7. The van der Waals surface area contributed by atoms with E-state index in [4.69, 9.17) is 4.42 Å². The molecule has 76 valence electrons. The standard InChI is InChI=1S/C10H9FO.C2H6/c1-6-3-7(2)10-8(4-6)5-9(11)12-10;1-2/h3-5H,1-2H3;1-2H3. The quantitative estimate of drug-likeness (QED) is 0.612. The summed E-state index contributed by atoms with van der Waals surface area (Å²) in [4.78, 5) is 0. The molecule has 2 heteroatoms. The predicted molar refractivity (Wildman–Crippen MR) is 57.0 cm³/mol. The van der Waals surface area contributed by atoms with E-state index in [1.807, 2.05) is 39.8 Å². The third-order valence-electron chi connectivity index (χ3n) is 1.92. The summed E-state index contributed by atoms with van der Waals surface area (Å²) in [6.45, 7) is 7.90. The van der Waals surface area contributed by atoms with Crippen LogP contribution < -0.4 is 0 Å². The molecule has 0 aliphatic carbocycles. The third kappa shape index (κ3) is 1.95. The van der Waals surface area contributed by atoms with E-state index >= 15 is 0 Å². The average molecular weight is 194 g/mol. The van der Waals surface area contributed by atoms with Gasteiger partial charge in [-0.2, -0.15) is 4.39 Å². The Balaban J connectivity index is 0.000000461. The van der Waals surface area contributed by atoms with Gasteiger partial charge in [0.2, 0.25) is 0 Å². The zero-order chi connectivity index (χ0) is 10.7. The highest BCUT2D eigenvalue weighted by Gasteiger charge is 2.05. The fourth-order valence-electron chi connectivity index (χ4n) is 1.48. The second kappa shape index (κ2) is 4.27. The molecule has 1 aromatic heterocycles. The summed E-state index contributed by atoms with van der Waals surface area (Å²) >= 11 is 0. The summed E-state index contributed by atoms with van der Waals surface area (Å²) in [6, 6.07) is 4.79. The van der Waals surface area contributed by atoms with Crippen molar-refractivity contribution in [1.29, 1.82) is 0 Å². The monoisotopic (exact) mass is 194 g/mol. The SMILES string of the molecule is CC.Cc1cc(C)c2oc(F)cc2c1. The Kier molecular flexibility index (Phi) is 3.28. The van der Waals surface area contributed by atoms with Gasteiger partial charge in [0.15, 0.2) is 0 Å². The fraction of sp³-hybridized carbons (Fsp3) is 0.333. The van der Waals surface area contributed by atoms with Crippen molar-refractivity contribution < 1.29 is 8.81 Å². The molecule has 2 rings (SSSR count). The molecule has 0 N–H and O–H groups in total. The second-order valence-corrected chi connectivity index (χ2v) is 3.05. The van der Waals surface area contributed by atoms with E-state index < -0.39 is 6.01 Å². The number of rotatable bonds is 0. The van der Waals surface area contributed by atoms with Crippen LogP contribution in [-0.4, -0.2) is 0 Å². The highest BCUT2D eigenvalue weighted by atomic mass is 19.1. The zero-order valence-corrected chi connectivity index (χ0v) is 9.02. The van der Waals surface area contributed by atoms with E-state index in [0.717, 1.165) is 16.5 Å². The Labute approximate surface area is 83.5 Å². The minimum atomic E-state index is -0.515. The van der Waals surface area contributed by atoms with Crippen molar-refractivity contribution in [1.82, 2.24) is 0 Å². The lowest BCUT2D eigenvalue weighted by Crippen LogP contribution is -1.76. The van der Waals surface area contributed by atoms with Gasteiger partial charge in [-0.15, -0.1) is 0 Å². The average Bonchev–Trinajstić information content (AvgIpc) is 2.49. The Bertz CT molecular complexity index is 429. The number of hydrogen-bond acceptors (Lipinski definition) is 1. The number of furan rings is 1. The molecule has 1 heterocycles. The molecule has 0 spiro atoms. The van der Waals surface area contributed by atoms with Crippen molar-refractivity contribution in [3.63, 3.8) is 0 Å². The van der Waals surface area contributed by atoms with Crippen molar-refractivity contribution in [3.8, 4) is 0 Å². The number of hydrogen-bond donors (Lipinski definition) is 0. The molecule has 0 bridgehead atoms. The van der Waals surface area contributed by atoms with Gasteiger partial charge in [0.05, 0.1) is 0 Å². The molecular formula is C12H15FO. The zero-order valence-electron chi connectivity index (χ0n) is 9.02. The molecule has 0 unspecified atom stereocenters. The molecule has 14 heavy (non-hydrogen) atoms. The van der Waals surface area contributed by atoms with Crippen LogP contribution in [0.1, 0.15) is 25.0 Å². The van der Waals surface area contributed by atoms with E-state index in [9.17, 15) is 4.39 Å². The summed E-state index contributed by atoms with van der Waals surface area (Å²) in [5.41, 5.74) is 2.76. The minimum absolute atomic E-state index is 0.515. The van der Waals surface area contributed by atoms with Gasteiger partial charge in [-0.1, -0.05) is 19.9 Å². The lowest BCUT2D eigenvalue weighted by Gasteiger charge is -1.95. The Morgan fingerprint density at radius 2 is 1.71 bits per heavy atom.